The van der Waals surface area contributed by atoms with E-state index in [-0.39, 0.29) is 16.5 Å². The van der Waals surface area contributed by atoms with E-state index in [9.17, 15) is 9.18 Å². The van der Waals surface area contributed by atoms with Gasteiger partial charge in [0, 0.05) is 44.7 Å². The monoisotopic (exact) mass is 414 g/mol. The van der Waals surface area contributed by atoms with Crippen LogP contribution < -0.4 is 0 Å². The third-order valence-corrected chi connectivity index (χ3v) is 5.28. The van der Waals surface area contributed by atoms with E-state index in [0.29, 0.717) is 44.4 Å². The van der Waals surface area contributed by atoms with Crippen molar-refractivity contribution in [1.82, 2.24) is 20.0 Å². The van der Waals surface area contributed by atoms with Crippen LogP contribution in [0.1, 0.15) is 16.2 Å². The smallest absolute Gasteiger partial charge is 0.258 e. The second-order valence-electron chi connectivity index (χ2n) is 6.85. The van der Waals surface area contributed by atoms with Crippen LogP contribution in [0.3, 0.4) is 0 Å². The molecule has 0 radical (unpaired) electrons. The molecule has 1 aliphatic rings. The van der Waals surface area contributed by atoms with Gasteiger partial charge >= 0.3 is 0 Å². The molecule has 4 rings (SSSR count). The highest BCUT2D eigenvalue weighted by molar-refractivity contribution is 6.33. The van der Waals surface area contributed by atoms with Gasteiger partial charge in [0.1, 0.15) is 5.82 Å². The van der Waals surface area contributed by atoms with Crippen LogP contribution in [0.2, 0.25) is 5.02 Å². The Labute approximate surface area is 172 Å². The van der Waals surface area contributed by atoms with Gasteiger partial charge in [-0.2, -0.15) is 0 Å². The summed E-state index contributed by atoms with van der Waals surface area (Å²) in [6.45, 7) is 3.17. The molecule has 0 bridgehead atoms. The summed E-state index contributed by atoms with van der Waals surface area (Å²) in [5.74, 6) is 0.144. The molecule has 3 aromatic rings. The molecule has 2 aromatic carbocycles. The van der Waals surface area contributed by atoms with Crippen molar-refractivity contribution in [2.75, 3.05) is 32.7 Å². The molecule has 6 nitrogen and oxygen atoms in total. The zero-order valence-corrected chi connectivity index (χ0v) is 16.5. The van der Waals surface area contributed by atoms with Gasteiger partial charge in [-0.3, -0.25) is 9.69 Å². The van der Waals surface area contributed by atoms with Gasteiger partial charge in [0.25, 0.3) is 5.91 Å². The summed E-state index contributed by atoms with van der Waals surface area (Å²) in [6.07, 6.45) is 0.632. The first-order valence-electron chi connectivity index (χ1n) is 9.45. The Balaban J connectivity index is 1.29. The molecule has 1 aromatic heterocycles. The molecule has 0 aliphatic carbocycles. The number of nitrogens with zero attached hydrogens (tertiary/aromatic N) is 4. The molecular weight excluding hydrogens is 395 g/mol. The summed E-state index contributed by atoms with van der Waals surface area (Å²) >= 11 is 6.01. The highest BCUT2D eigenvalue weighted by Crippen LogP contribution is 2.22. The quantitative estimate of drug-likeness (QED) is 0.639. The molecule has 1 amide bonds. The molecule has 0 unspecified atom stereocenters. The first-order valence-corrected chi connectivity index (χ1v) is 9.83. The summed E-state index contributed by atoms with van der Waals surface area (Å²) in [5, 5.41) is 8.36. The molecule has 0 N–H and O–H groups in total. The Morgan fingerprint density at radius 3 is 2.52 bits per heavy atom. The maximum absolute atomic E-state index is 14.0. The van der Waals surface area contributed by atoms with Crippen molar-refractivity contribution in [2.24, 2.45) is 0 Å². The van der Waals surface area contributed by atoms with Crippen LogP contribution in [0.25, 0.3) is 11.5 Å². The summed E-state index contributed by atoms with van der Waals surface area (Å²) in [6, 6.07) is 13.9. The van der Waals surface area contributed by atoms with Crippen LogP contribution in [0.15, 0.2) is 52.9 Å². The van der Waals surface area contributed by atoms with Crippen molar-refractivity contribution in [3.8, 4) is 11.5 Å². The lowest BCUT2D eigenvalue weighted by atomic mass is 10.1. The van der Waals surface area contributed by atoms with E-state index in [4.69, 9.17) is 16.0 Å². The Morgan fingerprint density at radius 2 is 1.79 bits per heavy atom. The van der Waals surface area contributed by atoms with Gasteiger partial charge in [-0.1, -0.05) is 35.9 Å². The van der Waals surface area contributed by atoms with Gasteiger partial charge in [-0.05, 0) is 24.3 Å². The number of amides is 1. The van der Waals surface area contributed by atoms with Gasteiger partial charge in [0.2, 0.25) is 11.8 Å². The fourth-order valence-electron chi connectivity index (χ4n) is 3.34. The number of aromatic nitrogens is 2. The van der Waals surface area contributed by atoms with Crippen LogP contribution in [0.5, 0.6) is 0 Å². The van der Waals surface area contributed by atoms with Crippen LogP contribution >= 0.6 is 11.6 Å². The Hall–Kier alpha value is -2.77. The topological polar surface area (TPSA) is 62.5 Å². The Kier molecular flexibility index (Phi) is 5.87. The highest BCUT2D eigenvalue weighted by Gasteiger charge is 2.26. The first-order chi connectivity index (χ1) is 14.1. The summed E-state index contributed by atoms with van der Waals surface area (Å²) in [7, 11) is 0. The van der Waals surface area contributed by atoms with E-state index in [1.165, 1.54) is 18.2 Å². The normalized spacial score (nSPS) is 14.9. The van der Waals surface area contributed by atoms with Crippen LogP contribution in [-0.4, -0.2) is 58.6 Å². The number of carbonyl (C=O) groups is 1. The summed E-state index contributed by atoms with van der Waals surface area (Å²) < 4.78 is 19.7. The molecule has 1 aliphatic heterocycles. The maximum Gasteiger partial charge on any atom is 0.258 e. The molecule has 8 heteroatoms. The second-order valence-corrected chi connectivity index (χ2v) is 7.25. The lowest BCUT2D eigenvalue weighted by Gasteiger charge is -2.34. The molecule has 150 valence electrons. The summed E-state index contributed by atoms with van der Waals surface area (Å²) in [4.78, 5) is 16.5. The zero-order valence-electron chi connectivity index (χ0n) is 15.7. The largest absolute Gasteiger partial charge is 0.421 e. The average Bonchev–Trinajstić information content (AvgIpc) is 3.22. The molecule has 1 saturated heterocycles. The van der Waals surface area contributed by atoms with E-state index < -0.39 is 5.82 Å². The predicted octanol–water partition coefficient (Wildman–Crippen LogP) is 3.53. The first kappa shape index (κ1) is 19.5. The minimum absolute atomic E-state index is 0.0538. The van der Waals surface area contributed by atoms with E-state index in [1.54, 1.807) is 4.90 Å². The van der Waals surface area contributed by atoms with E-state index in [1.807, 2.05) is 30.3 Å². The van der Waals surface area contributed by atoms with E-state index in [2.05, 4.69) is 15.1 Å². The van der Waals surface area contributed by atoms with Crippen LogP contribution in [0.4, 0.5) is 4.39 Å². The highest BCUT2D eigenvalue weighted by atomic mass is 35.5. The van der Waals surface area contributed by atoms with Crippen molar-refractivity contribution in [2.45, 2.75) is 6.42 Å². The van der Waals surface area contributed by atoms with Crippen molar-refractivity contribution >= 4 is 17.5 Å². The molecule has 2 heterocycles. The van der Waals surface area contributed by atoms with Gasteiger partial charge in [-0.15, -0.1) is 10.2 Å². The maximum atomic E-state index is 14.0. The molecule has 0 spiro atoms. The lowest BCUT2D eigenvalue weighted by molar-refractivity contribution is 0.0632. The van der Waals surface area contributed by atoms with Crippen molar-refractivity contribution < 1.29 is 13.6 Å². The van der Waals surface area contributed by atoms with Gasteiger partial charge < -0.3 is 9.32 Å². The number of benzene rings is 2. The fourth-order valence-corrected chi connectivity index (χ4v) is 3.58. The predicted molar refractivity (Wildman–Crippen MR) is 107 cm³/mol. The SMILES string of the molecule is O=C(c1c(F)cccc1Cl)N1CCN(CCc2nnc(-c3ccccc3)o2)CC1. The van der Waals surface area contributed by atoms with Crippen LogP contribution in [-0.2, 0) is 6.42 Å². The number of hydrogen-bond acceptors (Lipinski definition) is 5. The number of piperazine rings is 1. The number of halogens is 2. The minimum atomic E-state index is -0.587. The molecule has 0 saturated carbocycles. The van der Waals surface area contributed by atoms with E-state index >= 15 is 0 Å². The third-order valence-electron chi connectivity index (χ3n) is 4.97. The molecule has 29 heavy (non-hydrogen) atoms. The average molecular weight is 415 g/mol. The van der Waals surface area contributed by atoms with Crippen molar-refractivity contribution in [3.63, 3.8) is 0 Å². The lowest BCUT2D eigenvalue weighted by Crippen LogP contribution is -2.49. The Morgan fingerprint density at radius 1 is 1.03 bits per heavy atom. The van der Waals surface area contributed by atoms with Gasteiger partial charge in [0.05, 0.1) is 10.6 Å². The van der Waals surface area contributed by atoms with Gasteiger partial charge in [0.15, 0.2) is 0 Å². The van der Waals surface area contributed by atoms with Gasteiger partial charge in [-0.25, -0.2) is 4.39 Å². The number of hydrogen-bond donors (Lipinski definition) is 0. The number of rotatable bonds is 5. The molecule has 1 fully saturated rings. The van der Waals surface area contributed by atoms with Crippen molar-refractivity contribution in [1.29, 1.82) is 0 Å². The standard InChI is InChI=1S/C21H20ClFN4O2/c22-16-7-4-8-17(23)19(16)21(28)27-13-11-26(12-14-27)10-9-18-24-25-20(29-18)15-5-2-1-3-6-15/h1-8H,9-14H2. The fraction of sp³-hybridized carbons (Fsp3) is 0.286. The second kappa shape index (κ2) is 8.71. The minimum Gasteiger partial charge on any atom is -0.421 e. The molecular formula is C21H20ClFN4O2. The Bertz CT molecular complexity index is 967. The van der Waals surface area contributed by atoms with E-state index in [0.717, 1.165) is 12.1 Å². The number of carbonyl (C=O) groups excluding carboxylic acids is 1. The molecule has 0 atom stereocenters. The zero-order chi connectivity index (χ0) is 20.2. The van der Waals surface area contributed by atoms with Crippen LogP contribution in [0, 0.1) is 5.82 Å². The third kappa shape index (κ3) is 4.46. The van der Waals surface area contributed by atoms with Crippen molar-refractivity contribution in [3.05, 3.63) is 70.8 Å². The summed E-state index contributed by atoms with van der Waals surface area (Å²) in [5.41, 5.74) is 0.840.